The van der Waals surface area contributed by atoms with E-state index in [2.05, 4.69) is 5.32 Å². The highest BCUT2D eigenvalue weighted by atomic mass is 35.5. The third-order valence-electron chi connectivity index (χ3n) is 2.68. The summed E-state index contributed by atoms with van der Waals surface area (Å²) in [4.78, 5) is 13.0. The molecular formula is C15H16ClNO2S. The summed E-state index contributed by atoms with van der Waals surface area (Å²) in [6.07, 6.45) is 0. The Kier molecular flexibility index (Phi) is 6.58. The minimum absolute atomic E-state index is 0. The van der Waals surface area contributed by atoms with Crippen molar-refractivity contribution < 1.29 is 9.90 Å². The largest absolute Gasteiger partial charge is 0.478 e. The number of aromatic carboxylic acids is 1. The topological polar surface area (TPSA) is 49.3 Å². The van der Waals surface area contributed by atoms with Crippen LogP contribution in [-0.2, 0) is 6.54 Å². The molecule has 0 bridgehead atoms. The molecule has 0 unspecified atom stereocenters. The quantitative estimate of drug-likeness (QED) is 0.884. The molecule has 106 valence electrons. The zero-order chi connectivity index (χ0) is 13.7. The minimum Gasteiger partial charge on any atom is -0.478 e. The number of carbonyl (C=O) groups is 1. The Bertz CT molecular complexity index is 590. The molecule has 0 spiro atoms. The molecule has 0 saturated heterocycles. The van der Waals surface area contributed by atoms with Crippen molar-refractivity contribution in [1.82, 2.24) is 5.32 Å². The molecule has 0 fully saturated rings. The predicted molar refractivity (Wildman–Crippen MR) is 84.0 cm³/mol. The second-order valence-corrected chi connectivity index (χ2v) is 5.13. The lowest BCUT2D eigenvalue weighted by atomic mass is 10.2. The SMILES string of the molecule is CNCc1ccccc1Sc1ccccc1C(=O)O.Cl. The van der Waals surface area contributed by atoms with Crippen molar-refractivity contribution >= 4 is 30.1 Å². The number of benzene rings is 2. The summed E-state index contributed by atoms with van der Waals surface area (Å²) in [6.45, 7) is 0.762. The van der Waals surface area contributed by atoms with E-state index in [1.54, 1.807) is 12.1 Å². The predicted octanol–water partition coefficient (Wildman–Crippen LogP) is 3.68. The summed E-state index contributed by atoms with van der Waals surface area (Å²) in [6, 6.07) is 15.1. The molecule has 2 aromatic carbocycles. The maximum Gasteiger partial charge on any atom is 0.336 e. The highest BCUT2D eigenvalue weighted by molar-refractivity contribution is 7.99. The molecule has 0 aliphatic carbocycles. The molecule has 20 heavy (non-hydrogen) atoms. The zero-order valence-corrected chi connectivity index (χ0v) is 12.6. The van der Waals surface area contributed by atoms with Gasteiger partial charge in [0.1, 0.15) is 0 Å². The Morgan fingerprint density at radius 3 is 2.35 bits per heavy atom. The Morgan fingerprint density at radius 2 is 1.70 bits per heavy atom. The summed E-state index contributed by atoms with van der Waals surface area (Å²) in [5, 5.41) is 12.3. The van der Waals surface area contributed by atoms with Gasteiger partial charge >= 0.3 is 5.97 Å². The molecule has 0 aliphatic rings. The van der Waals surface area contributed by atoms with E-state index < -0.39 is 5.97 Å². The fourth-order valence-electron chi connectivity index (χ4n) is 1.79. The van der Waals surface area contributed by atoms with E-state index in [1.807, 2.05) is 43.4 Å². The van der Waals surface area contributed by atoms with Gasteiger partial charge in [0.25, 0.3) is 0 Å². The Balaban J connectivity index is 0.00000200. The van der Waals surface area contributed by atoms with E-state index in [1.165, 1.54) is 11.8 Å². The number of carboxylic acid groups (broad SMARTS) is 1. The number of rotatable bonds is 5. The van der Waals surface area contributed by atoms with Crippen LogP contribution in [0, 0.1) is 0 Å². The molecule has 0 amide bonds. The van der Waals surface area contributed by atoms with E-state index in [9.17, 15) is 9.90 Å². The first-order valence-electron chi connectivity index (χ1n) is 5.95. The van der Waals surface area contributed by atoms with Crippen LogP contribution < -0.4 is 5.32 Å². The third kappa shape index (κ3) is 4.00. The van der Waals surface area contributed by atoms with Gasteiger partial charge in [0.05, 0.1) is 5.56 Å². The number of hydrogen-bond donors (Lipinski definition) is 2. The van der Waals surface area contributed by atoms with Crippen LogP contribution in [0.15, 0.2) is 58.3 Å². The minimum atomic E-state index is -0.894. The number of carboxylic acids is 1. The number of hydrogen-bond acceptors (Lipinski definition) is 3. The van der Waals surface area contributed by atoms with Crippen LogP contribution in [0.1, 0.15) is 15.9 Å². The van der Waals surface area contributed by atoms with E-state index >= 15 is 0 Å². The first-order chi connectivity index (χ1) is 9.22. The lowest BCUT2D eigenvalue weighted by Crippen LogP contribution is -2.06. The van der Waals surface area contributed by atoms with Crippen LogP contribution in [0.4, 0.5) is 0 Å². The van der Waals surface area contributed by atoms with Gasteiger partial charge < -0.3 is 10.4 Å². The van der Waals surface area contributed by atoms with E-state index in [4.69, 9.17) is 0 Å². The molecule has 0 radical (unpaired) electrons. The first kappa shape index (κ1) is 16.6. The molecule has 2 rings (SSSR count). The van der Waals surface area contributed by atoms with Crippen LogP contribution in [-0.4, -0.2) is 18.1 Å². The van der Waals surface area contributed by atoms with E-state index in [0.29, 0.717) is 5.56 Å². The molecule has 0 aliphatic heterocycles. The van der Waals surface area contributed by atoms with Crippen LogP contribution in [0.2, 0.25) is 0 Å². The standard InChI is InChI=1S/C15H15NO2S.ClH/c1-16-10-11-6-2-4-8-13(11)19-14-9-5-3-7-12(14)15(17)18;/h2-9,16H,10H2,1H3,(H,17,18);1H. The summed E-state index contributed by atoms with van der Waals surface area (Å²) < 4.78 is 0. The maximum absolute atomic E-state index is 11.2. The Labute approximate surface area is 128 Å². The fourth-order valence-corrected chi connectivity index (χ4v) is 2.86. The van der Waals surface area contributed by atoms with Crippen molar-refractivity contribution in [2.45, 2.75) is 16.3 Å². The monoisotopic (exact) mass is 309 g/mol. The van der Waals surface area contributed by atoms with E-state index in [0.717, 1.165) is 21.9 Å². The molecule has 0 heterocycles. The summed E-state index contributed by atoms with van der Waals surface area (Å²) in [5.74, 6) is -0.894. The zero-order valence-electron chi connectivity index (χ0n) is 11.0. The van der Waals surface area contributed by atoms with Crippen molar-refractivity contribution in [3.63, 3.8) is 0 Å². The molecule has 0 atom stereocenters. The van der Waals surface area contributed by atoms with Crippen LogP contribution in [0.25, 0.3) is 0 Å². The molecule has 2 N–H and O–H groups in total. The average molecular weight is 310 g/mol. The van der Waals surface area contributed by atoms with Crippen LogP contribution in [0.3, 0.4) is 0 Å². The van der Waals surface area contributed by atoms with Crippen molar-refractivity contribution in [2.75, 3.05) is 7.05 Å². The Hall–Kier alpha value is -1.49. The molecule has 0 aromatic heterocycles. The average Bonchev–Trinajstić information content (AvgIpc) is 2.42. The van der Waals surface area contributed by atoms with E-state index in [-0.39, 0.29) is 12.4 Å². The second kappa shape index (κ2) is 7.94. The number of halogens is 1. The van der Waals surface area contributed by atoms with Gasteiger partial charge in [-0.25, -0.2) is 4.79 Å². The normalized spacial score (nSPS) is 9.85. The first-order valence-corrected chi connectivity index (χ1v) is 6.76. The second-order valence-electron chi connectivity index (χ2n) is 4.04. The third-order valence-corrected chi connectivity index (χ3v) is 3.87. The van der Waals surface area contributed by atoms with Gasteiger partial charge in [-0.2, -0.15) is 0 Å². The molecule has 0 saturated carbocycles. The van der Waals surface area contributed by atoms with Crippen molar-refractivity contribution in [3.8, 4) is 0 Å². The van der Waals surface area contributed by atoms with Crippen molar-refractivity contribution in [2.24, 2.45) is 0 Å². The molecule has 2 aromatic rings. The van der Waals surface area contributed by atoms with Crippen LogP contribution >= 0.6 is 24.2 Å². The lowest BCUT2D eigenvalue weighted by molar-refractivity contribution is 0.0693. The fraction of sp³-hybridized carbons (Fsp3) is 0.133. The smallest absolute Gasteiger partial charge is 0.336 e. The van der Waals surface area contributed by atoms with Gasteiger partial charge in [0, 0.05) is 16.3 Å². The summed E-state index contributed by atoms with van der Waals surface area (Å²) in [5.41, 5.74) is 1.50. The van der Waals surface area contributed by atoms with Gasteiger partial charge in [-0.3, -0.25) is 0 Å². The molecule has 5 heteroatoms. The van der Waals surface area contributed by atoms with Gasteiger partial charge in [-0.1, -0.05) is 42.1 Å². The van der Waals surface area contributed by atoms with Crippen molar-refractivity contribution in [3.05, 3.63) is 59.7 Å². The van der Waals surface area contributed by atoms with Gasteiger partial charge in [0.15, 0.2) is 0 Å². The Morgan fingerprint density at radius 1 is 1.10 bits per heavy atom. The highest BCUT2D eigenvalue weighted by Crippen LogP contribution is 2.32. The van der Waals surface area contributed by atoms with Gasteiger partial charge in [-0.15, -0.1) is 12.4 Å². The lowest BCUT2D eigenvalue weighted by Gasteiger charge is -2.10. The van der Waals surface area contributed by atoms with Gasteiger partial charge in [-0.05, 0) is 30.8 Å². The van der Waals surface area contributed by atoms with Gasteiger partial charge in [0.2, 0.25) is 0 Å². The van der Waals surface area contributed by atoms with Crippen molar-refractivity contribution in [1.29, 1.82) is 0 Å². The maximum atomic E-state index is 11.2. The summed E-state index contributed by atoms with van der Waals surface area (Å²) in [7, 11) is 1.90. The highest BCUT2D eigenvalue weighted by Gasteiger charge is 2.11. The van der Waals surface area contributed by atoms with Crippen LogP contribution in [0.5, 0.6) is 0 Å². The summed E-state index contributed by atoms with van der Waals surface area (Å²) >= 11 is 1.49. The molecule has 3 nitrogen and oxygen atoms in total. The molecular weight excluding hydrogens is 294 g/mol. The number of nitrogens with one attached hydrogen (secondary N) is 1.